The number of hydrogen-bond acceptors (Lipinski definition) is 5. The molecule has 0 unspecified atom stereocenters. The number of nitrogens with one attached hydrogen (secondary N) is 1. The van der Waals surface area contributed by atoms with E-state index in [1.807, 2.05) is 38.1 Å². The van der Waals surface area contributed by atoms with Gasteiger partial charge in [0.25, 0.3) is 5.56 Å². The number of pyridine rings is 1. The Labute approximate surface area is 158 Å². The number of aryl methyl sites for hydroxylation is 2. The number of rotatable bonds is 4. The lowest BCUT2D eigenvalue weighted by molar-refractivity contribution is 0.0384. The lowest BCUT2D eigenvalue weighted by Crippen LogP contribution is -2.37. The van der Waals surface area contributed by atoms with Crippen molar-refractivity contribution < 1.29 is 4.74 Å². The number of aromatic amines is 1. The SMILES string of the molecule is Cc1cc(-c2nc3ccc(CCN4CCOCC4)cc3c(=O)[nH]2)cc(C)n1. The van der Waals surface area contributed by atoms with Crippen molar-refractivity contribution in [3.63, 3.8) is 0 Å². The number of morpholine rings is 1. The maximum absolute atomic E-state index is 12.7. The molecule has 0 saturated carbocycles. The van der Waals surface area contributed by atoms with E-state index in [1.54, 1.807) is 0 Å². The highest BCUT2D eigenvalue weighted by Gasteiger charge is 2.11. The summed E-state index contributed by atoms with van der Waals surface area (Å²) in [5.41, 5.74) is 4.48. The molecule has 1 saturated heterocycles. The zero-order valence-electron chi connectivity index (χ0n) is 15.8. The van der Waals surface area contributed by atoms with Crippen molar-refractivity contribution >= 4 is 10.9 Å². The number of aromatic nitrogens is 3. The van der Waals surface area contributed by atoms with Crippen LogP contribution in [0, 0.1) is 13.8 Å². The van der Waals surface area contributed by atoms with Crippen LogP contribution in [0.2, 0.25) is 0 Å². The minimum atomic E-state index is -0.102. The second-order valence-corrected chi connectivity index (χ2v) is 7.11. The first-order chi connectivity index (χ1) is 13.1. The highest BCUT2D eigenvalue weighted by atomic mass is 16.5. The van der Waals surface area contributed by atoms with E-state index >= 15 is 0 Å². The number of ether oxygens (including phenoxy) is 1. The predicted molar refractivity (Wildman–Crippen MR) is 106 cm³/mol. The van der Waals surface area contributed by atoms with Crippen LogP contribution in [-0.4, -0.2) is 52.7 Å². The Bertz CT molecular complexity index is 1000. The van der Waals surface area contributed by atoms with Gasteiger partial charge in [-0.1, -0.05) is 6.07 Å². The predicted octanol–water partition coefficient (Wildman–Crippen LogP) is 2.48. The molecule has 4 rings (SSSR count). The van der Waals surface area contributed by atoms with Gasteiger partial charge in [0, 0.05) is 36.6 Å². The number of nitrogens with zero attached hydrogens (tertiary/aromatic N) is 3. The van der Waals surface area contributed by atoms with Crippen molar-refractivity contribution in [2.75, 3.05) is 32.8 Å². The summed E-state index contributed by atoms with van der Waals surface area (Å²) in [6, 6.07) is 9.86. The summed E-state index contributed by atoms with van der Waals surface area (Å²) in [5, 5.41) is 0.640. The van der Waals surface area contributed by atoms with Crippen molar-refractivity contribution in [2.24, 2.45) is 0 Å². The van der Waals surface area contributed by atoms with Gasteiger partial charge in [0.1, 0.15) is 5.82 Å². The van der Waals surface area contributed by atoms with E-state index in [-0.39, 0.29) is 5.56 Å². The van der Waals surface area contributed by atoms with Crippen LogP contribution >= 0.6 is 0 Å². The van der Waals surface area contributed by atoms with Crippen molar-refractivity contribution in [3.8, 4) is 11.4 Å². The molecule has 1 aromatic carbocycles. The fourth-order valence-corrected chi connectivity index (χ4v) is 3.56. The number of hydrogen-bond donors (Lipinski definition) is 1. The molecular formula is C21H24N4O2. The van der Waals surface area contributed by atoms with Crippen molar-refractivity contribution in [1.29, 1.82) is 0 Å². The molecule has 0 atom stereocenters. The largest absolute Gasteiger partial charge is 0.379 e. The summed E-state index contributed by atoms with van der Waals surface area (Å²) < 4.78 is 5.39. The molecule has 0 aliphatic carbocycles. The van der Waals surface area contributed by atoms with Gasteiger partial charge in [-0.25, -0.2) is 4.98 Å². The monoisotopic (exact) mass is 364 g/mol. The van der Waals surface area contributed by atoms with E-state index in [0.29, 0.717) is 11.2 Å². The third kappa shape index (κ3) is 4.07. The highest BCUT2D eigenvalue weighted by Crippen LogP contribution is 2.19. The molecule has 1 N–H and O–H groups in total. The van der Waals surface area contributed by atoms with Crippen LogP contribution < -0.4 is 5.56 Å². The summed E-state index contributed by atoms with van der Waals surface area (Å²) in [5.74, 6) is 0.585. The molecule has 6 nitrogen and oxygen atoms in total. The molecule has 1 fully saturated rings. The van der Waals surface area contributed by atoms with Gasteiger partial charge in [-0.3, -0.25) is 14.7 Å². The van der Waals surface area contributed by atoms with Gasteiger partial charge in [-0.05, 0) is 50.1 Å². The average molecular weight is 364 g/mol. The first-order valence-corrected chi connectivity index (χ1v) is 9.37. The number of benzene rings is 1. The molecule has 140 valence electrons. The van der Waals surface area contributed by atoms with Gasteiger partial charge in [0.05, 0.1) is 24.1 Å². The highest BCUT2D eigenvalue weighted by molar-refractivity contribution is 5.80. The molecule has 27 heavy (non-hydrogen) atoms. The smallest absolute Gasteiger partial charge is 0.259 e. The Balaban J connectivity index is 1.61. The molecule has 2 aromatic heterocycles. The molecule has 1 aliphatic heterocycles. The van der Waals surface area contributed by atoms with Crippen LogP contribution in [0.4, 0.5) is 0 Å². The summed E-state index contributed by atoms with van der Waals surface area (Å²) in [7, 11) is 0. The van der Waals surface area contributed by atoms with E-state index in [4.69, 9.17) is 4.74 Å². The minimum absolute atomic E-state index is 0.102. The number of fused-ring (bicyclic) bond motifs is 1. The van der Waals surface area contributed by atoms with E-state index in [9.17, 15) is 4.79 Å². The summed E-state index contributed by atoms with van der Waals surface area (Å²) >= 11 is 0. The van der Waals surface area contributed by atoms with E-state index in [2.05, 4.69) is 25.9 Å². The van der Waals surface area contributed by atoms with Crippen molar-refractivity contribution in [2.45, 2.75) is 20.3 Å². The van der Waals surface area contributed by atoms with E-state index in [0.717, 1.165) is 67.3 Å². The number of H-pyrrole nitrogens is 1. The Hall–Kier alpha value is -2.57. The molecule has 6 heteroatoms. The minimum Gasteiger partial charge on any atom is -0.379 e. The summed E-state index contributed by atoms with van der Waals surface area (Å²) in [6.07, 6.45) is 0.917. The molecule has 0 spiro atoms. The Kier molecular flexibility index (Phi) is 5.01. The fraction of sp³-hybridized carbons (Fsp3) is 0.381. The zero-order chi connectivity index (χ0) is 18.8. The lowest BCUT2D eigenvalue weighted by Gasteiger charge is -2.26. The molecule has 0 radical (unpaired) electrons. The normalized spacial score (nSPS) is 15.3. The Morgan fingerprint density at radius 3 is 2.56 bits per heavy atom. The first kappa shape index (κ1) is 17.8. The first-order valence-electron chi connectivity index (χ1n) is 9.37. The second kappa shape index (κ2) is 7.58. The lowest BCUT2D eigenvalue weighted by atomic mass is 10.1. The van der Waals surface area contributed by atoms with Crippen LogP contribution in [-0.2, 0) is 11.2 Å². The molecule has 3 aromatic rings. The van der Waals surface area contributed by atoms with E-state index in [1.165, 1.54) is 0 Å². The quantitative estimate of drug-likeness (QED) is 0.770. The van der Waals surface area contributed by atoms with Gasteiger partial charge >= 0.3 is 0 Å². The fourth-order valence-electron chi connectivity index (χ4n) is 3.56. The summed E-state index contributed by atoms with van der Waals surface area (Å²) in [6.45, 7) is 8.42. The van der Waals surface area contributed by atoms with Gasteiger partial charge < -0.3 is 9.72 Å². The van der Waals surface area contributed by atoms with Crippen molar-refractivity contribution in [3.05, 3.63) is 57.6 Å². The topological polar surface area (TPSA) is 71.1 Å². The molecule has 1 aliphatic rings. The van der Waals surface area contributed by atoms with Crippen LogP contribution in [0.3, 0.4) is 0 Å². The van der Waals surface area contributed by atoms with Crippen LogP contribution in [0.5, 0.6) is 0 Å². The zero-order valence-corrected chi connectivity index (χ0v) is 15.8. The molecule has 0 amide bonds. The third-order valence-electron chi connectivity index (χ3n) is 4.95. The van der Waals surface area contributed by atoms with Gasteiger partial charge in [-0.2, -0.15) is 0 Å². The summed E-state index contributed by atoms with van der Waals surface area (Å²) in [4.78, 5) is 27.0. The van der Waals surface area contributed by atoms with Crippen molar-refractivity contribution in [1.82, 2.24) is 19.9 Å². The molecular weight excluding hydrogens is 340 g/mol. The van der Waals surface area contributed by atoms with Gasteiger partial charge in [0.15, 0.2) is 0 Å². The molecule has 0 bridgehead atoms. The maximum Gasteiger partial charge on any atom is 0.259 e. The Morgan fingerprint density at radius 1 is 1.07 bits per heavy atom. The standard InChI is InChI=1S/C21H24N4O2/c1-14-11-17(12-15(2)22-14)20-23-19-4-3-16(13-18(19)21(26)24-20)5-6-25-7-9-27-10-8-25/h3-4,11-13H,5-10H2,1-2H3,(H,23,24,26). The second-order valence-electron chi connectivity index (χ2n) is 7.11. The van der Waals surface area contributed by atoms with Crippen LogP contribution in [0.25, 0.3) is 22.3 Å². The van der Waals surface area contributed by atoms with Crippen LogP contribution in [0.1, 0.15) is 17.0 Å². The van der Waals surface area contributed by atoms with Gasteiger partial charge in [-0.15, -0.1) is 0 Å². The van der Waals surface area contributed by atoms with Gasteiger partial charge in [0.2, 0.25) is 0 Å². The van der Waals surface area contributed by atoms with Crippen LogP contribution in [0.15, 0.2) is 35.1 Å². The average Bonchev–Trinajstić information content (AvgIpc) is 2.66. The van der Waals surface area contributed by atoms with E-state index < -0.39 is 0 Å². The maximum atomic E-state index is 12.7. The Morgan fingerprint density at radius 2 is 1.81 bits per heavy atom. The molecule has 3 heterocycles. The third-order valence-corrected chi connectivity index (χ3v) is 4.95.